The summed E-state index contributed by atoms with van der Waals surface area (Å²) in [7, 11) is 0. The molecule has 6 heteroatoms. The van der Waals surface area contributed by atoms with Crippen molar-refractivity contribution in [1.82, 2.24) is 20.2 Å². The van der Waals surface area contributed by atoms with Crippen molar-refractivity contribution >= 4 is 27.9 Å². The van der Waals surface area contributed by atoms with Crippen molar-refractivity contribution in [3.8, 4) is 0 Å². The number of nitrogens with zero attached hydrogens (tertiary/aromatic N) is 2. The lowest BCUT2D eigenvalue weighted by Gasteiger charge is -2.37. The molecule has 3 heterocycles. The van der Waals surface area contributed by atoms with Gasteiger partial charge >= 0.3 is 0 Å². The van der Waals surface area contributed by atoms with Crippen LogP contribution in [0, 0.1) is 0 Å². The van der Waals surface area contributed by atoms with Gasteiger partial charge in [-0.25, -0.2) is 0 Å². The summed E-state index contributed by atoms with van der Waals surface area (Å²) in [6, 6.07) is 16.5. The van der Waals surface area contributed by atoms with E-state index in [4.69, 9.17) is 4.42 Å². The number of para-hydroxylation sites is 1. The van der Waals surface area contributed by atoms with Gasteiger partial charge in [-0.05, 0) is 62.9 Å². The number of amides is 1. The van der Waals surface area contributed by atoms with Crippen LogP contribution in [0.25, 0.3) is 22.0 Å². The second-order valence-electron chi connectivity index (χ2n) is 8.36. The highest BCUT2D eigenvalue weighted by Gasteiger charge is 2.30. The monoisotopic (exact) mass is 416 g/mol. The third-order valence-electron chi connectivity index (χ3n) is 6.35. The molecule has 1 aliphatic carbocycles. The van der Waals surface area contributed by atoms with Crippen LogP contribution in [0.4, 0.5) is 0 Å². The summed E-state index contributed by atoms with van der Waals surface area (Å²) < 4.78 is 5.94. The minimum Gasteiger partial charge on any atom is -0.460 e. The first kappa shape index (κ1) is 19.8. The molecule has 4 aromatic rings. The summed E-state index contributed by atoms with van der Waals surface area (Å²) in [5.74, 6) is 1.01. The van der Waals surface area contributed by atoms with Crippen LogP contribution in [0.1, 0.15) is 48.9 Å². The number of nitrogens with one attached hydrogen (secondary N) is 2. The number of carbonyl (C=O) groups excluding carboxylic acids is 1. The fourth-order valence-corrected chi connectivity index (χ4v) is 4.80. The Morgan fingerprint density at radius 1 is 1.23 bits per heavy atom. The molecule has 0 unspecified atom stereocenters. The summed E-state index contributed by atoms with van der Waals surface area (Å²) in [4.78, 5) is 22.9. The molecule has 1 amide bonds. The summed E-state index contributed by atoms with van der Waals surface area (Å²) in [6.07, 6.45) is 5.99. The lowest BCUT2D eigenvalue weighted by molar-refractivity contribution is 0.0622. The molecule has 6 nitrogen and oxygen atoms in total. The van der Waals surface area contributed by atoms with Crippen LogP contribution in [0.2, 0.25) is 0 Å². The number of pyridine rings is 1. The highest BCUT2D eigenvalue weighted by Crippen LogP contribution is 2.26. The van der Waals surface area contributed by atoms with Gasteiger partial charge in [0.2, 0.25) is 0 Å². The number of aromatic nitrogens is 2. The Balaban J connectivity index is 1.25. The molecule has 1 fully saturated rings. The summed E-state index contributed by atoms with van der Waals surface area (Å²) in [5.41, 5.74) is 3.27. The lowest BCUT2D eigenvalue weighted by atomic mass is 9.89. The highest BCUT2D eigenvalue weighted by atomic mass is 16.3. The molecule has 5 rings (SSSR count). The Bertz CT molecular complexity index is 1130. The molecule has 1 aliphatic rings. The zero-order valence-corrected chi connectivity index (χ0v) is 17.8. The molecular weight excluding hydrogens is 388 g/mol. The van der Waals surface area contributed by atoms with E-state index in [1.165, 1.54) is 0 Å². The van der Waals surface area contributed by atoms with E-state index in [2.05, 4.69) is 34.3 Å². The van der Waals surface area contributed by atoms with Crippen molar-refractivity contribution in [2.24, 2.45) is 0 Å². The molecule has 1 aromatic carbocycles. The van der Waals surface area contributed by atoms with Crippen molar-refractivity contribution in [2.45, 2.75) is 51.2 Å². The minimum absolute atomic E-state index is 0.0587. The lowest BCUT2D eigenvalue weighted by Crippen LogP contribution is -2.46. The molecule has 0 aliphatic heterocycles. The van der Waals surface area contributed by atoms with Crippen molar-refractivity contribution in [3.63, 3.8) is 0 Å². The second kappa shape index (κ2) is 8.55. The van der Waals surface area contributed by atoms with Crippen molar-refractivity contribution in [2.75, 3.05) is 6.54 Å². The van der Waals surface area contributed by atoms with Crippen LogP contribution in [-0.4, -0.2) is 39.4 Å². The number of H-pyrrole nitrogens is 1. The van der Waals surface area contributed by atoms with E-state index in [-0.39, 0.29) is 11.9 Å². The number of carbonyl (C=O) groups is 1. The van der Waals surface area contributed by atoms with E-state index in [0.717, 1.165) is 53.4 Å². The number of fused-ring (bicyclic) bond motifs is 2. The van der Waals surface area contributed by atoms with Gasteiger partial charge in [0.05, 0.1) is 17.6 Å². The van der Waals surface area contributed by atoms with Gasteiger partial charge in [-0.3, -0.25) is 9.78 Å². The predicted molar refractivity (Wildman–Crippen MR) is 122 cm³/mol. The molecule has 1 saturated carbocycles. The van der Waals surface area contributed by atoms with Crippen molar-refractivity contribution in [3.05, 3.63) is 66.2 Å². The third-order valence-corrected chi connectivity index (χ3v) is 6.35. The quantitative estimate of drug-likeness (QED) is 0.470. The smallest absolute Gasteiger partial charge is 0.270 e. The largest absolute Gasteiger partial charge is 0.460 e. The normalized spacial score (nSPS) is 19.1. The average molecular weight is 417 g/mol. The Labute approximate surface area is 181 Å². The van der Waals surface area contributed by atoms with E-state index >= 15 is 0 Å². The first-order valence-corrected chi connectivity index (χ1v) is 11.2. The van der Waals surface area contributed by atoms with E-state index in [0.29, 0.717) is 24.8 Å². The molecule has 0 bridgehead atoms. The predicted octanol–water partition coefficient (Wildman–Crippen LogP) is 4.87. The number of hydrogen-bond donors (Lipinski definition) is 2. The molecule has 0 spiro atoms. The van der Waals surface area contributed by atoms with Gasteiger partial charge in [0, 0.05) is 30.2 Å². The SMILES string of the molecule is CCN(C(=O)c1cc2ncccc2[nH]1)[C@H]1CCC[C@@H](NCc2cc3ccccc3o2)C1. The van der Waals surface area contributed by atoms with Gasteiger partial charge in [-0.1, -0.05) is 18.2 Å². The first-order chi connectivity index (χ1) is 15.2. The molecular formula is C25H28N4O2. The summed E-state index contributed by atoms with van der Waals surface area (Å²) in [6.45, 7) is 3.46. The van der Waals surface area contributed by atoms with Gasteiger partial charge in [-0.2, -0.15) is 0 Å². The number of aromatic amines is 1. The van der Waals surface area contributed by atoms with Gasteiger partial charge in [0.15, 0.2) is 0 Å². The van der Waals surface area contributed by atoms with Crippen LogP contribution in [0.3, 0.4) is 0 Å². The van der Waals surface area contributed by atoms with Crippen LogP contribution in [-0.2, 0) is 6.54 Å². The van der Waals surface area contributed by atoms with Crippen molar-refractivity contribution < 1.29 is 9.21 Å². The number of furan rings is 1. The van der Waals surface area contributed by atoms with E-state index in [1.807, 2.05) is 41.3 Å². The third kappa shape index (κ3) is 4.08. The maximum atomic E-state index is 13.3. The Morgan fingerprint density at radius 2 is 2.13 bits per heavy atom. The molecule has 0 saturated heterocycles. The molecule has 0 radical (unpaired) electrons. The van der Waals surface area contributed by atoms with Crippen molar-refractivity contribution in [1.29, 1.82) is 0 Å². The second-order valence-corrected chi connectivity index (χ2v) is 8.36. The molecule has 2 N–H and O–H groups in total. The molecule has 3 aromatic heterocycles. The Hall–Kier alpha value is -3.12. The first-order valence-electron chi connectivity index (χ1n) is 11.2. The fourth-order valence-electron chi connectivity index (χ4n) is 4.80. The summed E-state index contributed by atoms with van der Waals surface area (Å²) in [5, 5.41) is 4.79. The zero-order chi connectivity index (χ0) is 21.2. The van der Waals surface area contributed by atoms with Gasteiger partial charge < -0.3 is 19.6 Å². The number of benzene rings is 1. The summed E-state index contributed by atoms with van der Waals surface area (Å²) >= 11 is 0. The minimum atomic E-state index is 0.0587. The van der Waals surface area contributed by atoms with Gasteiger partial charge in [-0.15, -0.1) is 0 Å². The molecule has 2 atom stereocenters. The number of rotatable bonds is 6. The molecule has 160 valence electrons. The Morgan fingerprint density at radius 3 is 2.97 bits per heavy atom. The van der Waals surface area contributed by atoms with Crippen LogP contribution in [0.5, 0.6) is 0 Å². The van der Waals surface area contributed by atoms with E-state index in [1.54, 1.807) is 6.20 Å². The topological polar surface area (TPSA) is 74.2 Å². The van der Waals surface area contributed by atoms with Crippen LogP contribution < -0.4 is 5.32 Å². The number of hydrogen-bond acceptors (Lipinski definition) is 4. The standard InChI is InChI=1S/C25H28N4O2/c1-2-29(25(30)23-15-22-21(28-23)10-6-12-26-22)19-9-5-8-18(14-19)27-16-20-13-17-7-3-4-11-24(17)31-20/h3-4,6-7,10-13,15,18-19,27-28H,2,5,8-9,14,16H2,1H3/t18-,19+/m1/s1. The highest BCUT2D eigenvalue weighted by molar-refractivity contribution is 5.97. The fraction of sp³-hybridized carbons (Fsp3) is 0.360. The molecule has 31 heavy (non-hydrogen) atoms. The van der Waals surface area contributed by atoms with E-state index < -0.39 is 0 Å². The van der Waals surface area contributed by atoms with Crippen LogP contribution >= 0.6 is 0 Å². The maximum Gasteiger partial charge on any atom is 0.270 e. The Kier molecular flexibility index (Phi) is 5.47. The maximum absolute atomic E-state index is 13.3. The van der Waals surface area contributed by atoms with Gasteiger partial charge in [0.25, 0.3) is 5.91 Å². The van der Waals surface area contributed by atoms with Gasteiger partial charge in [0.1, 0.15) is 17.0 Å². The van der Waals surface area contributed by atoms with Crippen LogP contribution in [0.15, 0.2) is 59.1 Å². The average Bonchev–Trinajstić information content (AvgIpc) is 3.42. The zero-order valence-electron chi connectivity index (χ0n) is 17.8. The van der Waals surface area contributed by atoms with E-state index in [9.17, 15) is 4.79 Å².